The lowest BCUT2D eigenvalue weighted by Gasteiger charge is -2.24. The highest BCUT2D eigenvalue weighted by atomic mass is 15.3. The van der Waals surface area contributed by atoms with E-state index in [-0.39, 0.29) is 0 Å². The lowest BCUT2D eigenvalue weighted by Crippen LogP contribution is -2.28. The number of rotatable bonds is 6. The number of hydrogen-bond acceptors (Lipinski definition) is 2. The SMILES string of the molecule is CCCC(C)C(NCC)c1ccnn1C. The molecule has 0 amide bonds. The van der Waals surface area contributed by atoms with Crippen molar-refractivity contribution in [2.75, 3.05) is 6.54 Å². The highest BCUT2D eigenvalue weighted by molar-refractivity contribution is 5.07. The van der Waals surface area contributed by atoms with Crippen LogP contribution in [0, 0.1) is 5.92 Å². The van der Waals surface area contributed by atoms with Crippen LogP contribution >= 0.6 is 0 Å². The van der Waals surface area contributed by atoms with Gasteiger partial charge in [-0.25, -0.2) is 0 Å². The van der Waals surface area contributed by atoms with Crippen LogP contribution in [0.3, 0.4) is 0 Å². The van der Waals surface area contributed by atoms with Crippen molar-refractivity contribution in [2.45, 2.75) is 39.7 Å². The van der Waals surface area contributed by atoms with Gasteiger partial charge < -0.3 is 5.32 Å². The van der Waals surface area contributed by atoms with Gasteiger partial charge in [-0.05, 0) is 24.9 Å². The molecule has 0 aliphatic heterocycles. The summed E-state index contributed by atoms with van der Waals surface area (Å²) in [6.07, 6.45) is 4.36. The fourth-order valence-corrected chi connectivity index (χ4v) is 2.13. The van der Waals surface area contributed by atoms with Gasteiger partial charge in [0.15, 0.2) is 0 Å². The number of nitrogens with zero attached hydrogens (tertiary/aromatic N) is 2. The minimum absolute atomic E-state index is 0.433. The summed E-state index contributed by atoms with van der Waals surface area (Å²) in [7, 11) is 2.01. The molecule has 1 N–H and O–H groups in total. The quantitative estimate of drug-likeness (QED) is 0.780. The van der Waals surface area contributed by atoms with E-state index in [1.54, 1.807) is 0 Å². The van der Waals surface area contributed by atoms with E-state index < -0.39 is 0 Å². The van der Waals surface area contributed by atoms with Crippen LogP contribution in [0.5, 0.6) is 0 Å². The molecule has 2 atom stereocenters. The monoisotopic (exact) mass is 209 g/mol. The van der Waals surface area contributed by atoms with Crippen LogP contribution < -0.4 is 5.32 Å². The molecule has 3 nitrogen and oxygen atoms in total. The summed E-state index contributed by atoms with van der Waals surface area (Å²) in [4.78, 5) is 0. The molecule has 3 heteroatoms. The molecule has 0 saturated carbocycles. The van der Waals surface area contributed by atoms with E-state index in [1.165, 1.54) is 18.5 Å². The van der Waals surface area contributed by atoms with Gasteiger partial charge in [0, 0.05) is 13.2 Å². The van der Waals surface area contributed by atoms with Crippen LogP contribution in [0.1, 0.15) is 45.3 Å². The zero-order chi connectivity index (χ0) is 11.3. The zero-order valence-corrected chi connectivity index (χ0v) is 10.3. The number of aryl methyl sites for hydroxylation is 1. The standard InChI is InChI=1S/C12H23N3/c1-5-7-10(3)12(13-6-2)11-8-9-14-15(11)4/h8-10,12-13H,5-7H2,1-4H3. The first-order chi connectivity index (χ1) is 7.20. The first-order valence-electron chi connectivity index (χ1n) is 5.92. The molecule has 0 aliphatic rings. The maximum atomic E-state index is 4.24. The molecular weight excluding hydrogens is 186 g/mol. The summed E-state index contributed by atoms with van der Waals surface area (Å²) in [5.41, 5.74) is 1.29. The average Bonchev–Trinajstić information content (AvgIpc) is 2.61. The van der Waals surface area contributed by atoms with Gasteiger partial charge in [0.2, 0.25) is 0 Å². The van der Waals surface area contributed by atoms with Crippen molar-refractivity contribution in [1.82, 2.24) is 15.1 Å². The highest BCUT2D eigenvalue weighted by Gasteiger charge is 2.19. The Hall–Kier alpha value is -0.830. The smallest absolute Gasteiger partial charge is 0.0553 e. The molecule has 1 heterocycles. The number of aromatic nitrogens is 2. The van der Waals surface area contributed by atoms with Crippen LogP contribution in [0.15, 0.2) is 12.3 Å². The Labute approximate surface area is 92.9 Å². The van der Waals surface area contributed by atoms with Crippen molar-refractivity contribution < 1.29 is 0 Å². The van der Waals surface area contributed by atoms with Crippen LogP contribution in [-0.4, -0.2) is 16.3 Å². The van der Waals surface area contributed by atoms with Gasteiger partial charge in [-0.15, -0.1) is 0 Å². The first kappa shape index (κ1) is 12.2. The van der Waals surface area contributed by atoms with Gasteiger partial charge in [0.05, 0.1) is 11.7 Å². The summed E-state index contributed by atoms with van der Waals surface area (Å²) in [6.45, 7) is 7.71. The van der Waals surface area contributed by atoms with Gasteiger partial charge in [-0.2, -0.15) is 5.10 Å². The lowest BCUT2D eigenvalue weighted by molar-refractivity contribution is 0.352. The maximum absolute atomic E-state index is 4.24. The lowest BCUT2D eigenvalue weighted by atomic mass is 9.94. The van der Waals surface area contributed by atoms with Gasteiger partial charge in [-0.1, -0.05) is 27.2 Å². The Morgan fingerprint density at radius 1 is 1.47 bits per heavy atom. The predicted octanol–water partition coefficient (Wildman–Crippen LogP) is 2.51. The van der Waals surface area contributed by atoms with E-state index in [2.05, 4.69) is 37.3 Å². The second kappa shape index (κ2) is 5.91. The van der Waals surface area contributed by atoms with Crippen molar-refractivity contribution in [1.29, 1.82) is 0 Å². The van der Waals surface area contributed by atoms with Crippen LogP contribution in [0.2, 0.25) is 0 Å². The molecule has 0 aromatic carbocycles. The third-order valence-electron chi connectivity index (χ3n) is 2.91. The van der Waals surface area contributed by atoms with E-state index in [1.807, 2.05) is 17.9 Å². The predicted molar refractivity (Wildman–Crippen MR) is 63.7 cm³/mol. The Bertz CT molecular complexity index is 280. The van der Waals surface area contributed by atoms with Crippen molar-refractivity contribution >= 4 is 0 Å². The van der Waals surface area contributed by atoms with Crippen LogP contribution in [-0.2, 0) is 7.05 Å². The molecule has 1 rings (SSSR count). The summed E-state index contributed by atoms with van der Waals surface area (Å²) >= 11 is 0. The second-order valence-corrected chi connectivity index (χ2v) is 4.18. The van der Waals surface area contributed by atoms with E-state index in [4.69, 9.17) is 0 Å². The van der Waals surface area contributed by atoms with Crippen molar-refractivity contribution in [3.8, 4) is 0 Å². The van der Waals surface area contributed by atoms with Gasteiger partial charge in [0.1, 0.15) is 0 Å². The molecule has 0 fully saturated rings. The Balaban J connectivity index is 2.77. The molecule has 0 spiro atoms. The molecule has 1 aromatic heterocycles. The van der Waals surface area contributed by atoms with Crippen LogP contribution in [0.4, 0.5) is 0 Å². The molecule has 86 valence electrons. The van der Waals surface area contributed by atoms with Crippen molar-refractivity contribution in [3.05, 3.63) is 18.0 Å². The Morgan fingerprint density at radius 3 is 2.67 bits per heavy atom. The molecule has 0 bridgehead atoms. The Morgan fingerprint density at radius 2 is 2.20 bits per heavy atom. The third kappa shape index (κ3) is 3.06. The van der Waals surface area contributed by atoms with Gasteiger partial charge in [0.25, 0.3) is 0 Å². The average molecular weight is 209 g/mol. The van der Waals surface area contributed by atoms with E-state index in [0.29, 0.717) is 12.0 Å². The molecule has 0 radical (unpaired) electrons. The van der Waals surface area contributed by atoms with Gasteiger partial charge >= 0.3 is 0 Å². The molecule has 0 aliphatic carbocycles. The molecule has 1 aromatic rings. The third-order valence-corrected chi connectivity index (χ3v) is 2.91. The topological polar surface area (TPSA) is 29.9 Å². The second-order valence-electron chi connectivity index (χ2n) is 4.18. The van der Waals surface area contributed by atoms with Crippen molar-refractivity contribution in [2.24, 2.45) is 13.0 Å². The zero-order valence-electron chi connectivity index (χ0n) is 10.3. The maximum Gasteiger partial charge on any atom is 0.0553 e. The highest BCUT2D eigenvalue weighted by Crippen LogP contribution is 2.24. The Kier molecular flexibility index (Phi) is 4.82. The number of hydrogen-bond donors (Lipinski definition) is 1. The molecule has 15 heavy (non-hydrogen) atoms. The summed E-state index contributed by atoms with van der Waals surface area (Å²) in [6, 6.07) is 2.54. The normalized spacial score (nSPS) is 15.2. The molecule has 0 saturated heterocycles. The van der Waals surface area contributed by atoms with Crippen molar-refractivity contribution in [3.63, 3.8) is 0 Å². The first-order valence-corrected chi connectivity index (χ1v) is 5.92. The fourth-order valence-electron chi connectivity index (χ4n) is 2.13. The summed E-state index contributed by atoms with van der Waals surface area (Å²) in [5.74, 6) is 0.658. The van der Waals surface area contributed by atoms with Crippen LogP contribution in [0.25, 0.3) is 0 Å². The largest absolute Gasteiger partial charge is 0.309 e. The minimum Gasteiger partial charge on any atom is -0.309 e. The summed E-state index contributed by atoms with van der Waals surface area (Å²) < 4.78 is 1.97. The summed E-state index contributed by atoms with van der Waals surface area (Å²) in [5, 5.41) is 7.79. The van der Waals surface area contributed by atoms with Gasteiger partial charge in [-0.3, -0.25) is 4.68 Å². The molecule has 2 unspecified atom stereocenters. The molecular formula is C12H23N3. The minimum atomic E-state index is 0.433. The van der Waals surface area contributed by atoms with E-state index >= 15 is 0 Å². The van der Waals surface area contributed by atoms with E-state index in [9.17, 15) is 0 Å². The fraction of sp³-hybridized carbons (Fsp3) is 0.750. The number of nitrogens with one attached hydrogen (secondary N) is 1. The van der Waals surface area contributed by atoms with E-state index in [0.717, 1.165) is 6.54 Å².